The van der Waals surface area contributed by atoms with Crippen LogP contribution in [0.5, 0.6) is 0 Å². The fourth-order valence-electron chi connectivity index (χ4n) is 3.29. The largest absolute Gasteiger partial charge is 0.321 e. The summed E-state index contributed by atoms with van der Waals surface area (Å²) in [4.78, 5) is 12.7. The maximum absolute atomic E-state index is 12.7. The highest BCUT2D eigenvalue weighted by Gasteiger charge is 2.28. The van der Waals surface area contributed by atoms with E-state index in [-0.39, 0.29) is 18.3 Å². The van der Waals surface area contributed by atoms with Gasteiger partial charge in [0.2, 0.25) is 0 Å². The average Bonchev–Trinajstić information content (AvgIpc) is 3.23. The first-order chi connectivity index (χ1) is 12.8. The molecule has 5 rings (SSSR count). The van der Waals surface area contributed by atoms with Crippen molar-refractivity contribution in [1.29, 1.82) is 0 Å². The second kappa shape index (κ2) is 7.09. The van der Waals surface area contributed by atoms with Crippen LogP contribution in [-0.2, 0) is 13.0 Å². The monoisotopic (exact) mass is 386 g/mol. The minimum Gasteiger partial charge on any atom is -0.321 e. The van der Waals surface area contributed by atoms with Gasteiger partial charge in [-0.15, -0.1) is 17.5 Å². The first-order valence-electron chi connectivity index (χ1n) is 8.76. The molecule has 1 amide bonds. The Morgan fingerprint density at radius 3 is 3.04 bits per heavy atom. The number of rotatable bonds is 4. The predicted molar refractivity (Wildman–Crippen MR) is 101 cm³/mol. The van der Waals surface area contributed by atoms with Gasteiger partial charge in [-0.05, 0) is 35.4 Å². The van der Waals surface area contributed by atoms with Crippen LogP contribution in [0.3, 0.4) is 0 Å². The van der Waals surface area contributed by atoms with E-state index < -0.39 is 0 Å². The average molecular weight is 387 g/mol. The third-order valence-corrected chi connectivity index (χ3v) is 4.79. The van der Waals surface area contributed by atoms with E-state index in [2.05, 4.69) is 36.4 Å². The molecule has 0 radical (unpaired) electrons. The summed E-state index contributed by atoms with van der Waals surface area (Å²) in [6.07, 6.45) is 3.06. The Morgan fingerprint density at radius 2 is 2.19 bits per heavy atom. The van der Waals surface area contributed by atoms with E-state index in [1.54, 1.807) is 0 Å². The van der Waals surface area contributed by atoms with Crippen molar-refractivity contribution >= 4 is 24.0 Å². The quantitative estimate of drug-likeness (QED) is 0.629. The lowest BCUT2D eigenvalue weighted by Gasteiger charge is -2.13. The van der Waals surface area contributed by atoms with Crippen LogP contribution in [0, 0.1) is 0 Å². The molecule has 0 unspecified atom stereocenters. The molecule has 1 aliphatic heterocycles. The number of aromatic amines is 1. The summed E-state index contributed by atoms with van der Waals surface area (Å²) in [5.74, 6) is 0.509. The molecular weight excluding hydrogens is 368 g/mol. The fraction of sp³-hybridized carbons (Fsp3) is 0.353. The van der Waals surface area contributed by atoms with Gasteiger partial charge in [-0.2, -0.15) is 5.10 Å². The summed E-state index contributed by atoms with van der Waals surface area (Å²) < 4.78 is 1.86. The summed E-state index contributed by atoms with van der Waals surface area (Å²) in [5.41, 5.74) is 4.00. The molecule has 3 heterocycles. The molecule has 27 heavy (non-hydrogen) atoms. The first-order valence-corrected chi connectivity index (χ1v) is 8.76. The Kier molecular flexibility index (Phi) is 4.63. The normalized spacial score (nSPS) is 15.7. The van der Waals surface area contributed by atoms with Crippen molar-refractivity contribution in [3.05, 3.63) is 41.2 Å². The van der Waals surface area contributed by atoms with E-state index in [4.69, 9.17) is 0 Å². The van der Waals surface area contributed by atoms with E-state index in [1.165, 1.54) is 0 Å². The topological polar surface area (TPSA) is 113 Å². The fourth-order valence-corrected chi connectivity index (χ4v) is 3.29. The number of halogens is 1. The number of hydrogen-bond donors (Lipinski definition) is 3. The number of H-pyrrole nitrogens is 1. The maximum Gasteiger partial charge on any atom is 0.276 e. The van der Waals surface area contributed by atoms with E-state index in [0.29, 0.717) is 24.0 Å². The van der Waals surface area contributed by atoms with Crippen molar-refractivity contribution < 1.29 is 4.79 Å². The van der Waals surface area contributed by atoms with E-state index in [0.717, 1.165) is 48.5 Å². The van der Waals surface area contributed by atoms with Crippen molar-refractivity contribution in [2.24, 2.45) is 0 Å². The summed E-state index contributed by atoms with van der Waals surface area (Å²) in [7, 11) is 0. The Bertz CT molecular complexity index is 977. The zero-order valence-electron chi connectivity index (χ0n) is 14.5. The molecule has 1 aromatic carbocycles. The molecule has 2 aromatic heterocycles. The third kappa shape index (κ3) is 3.31. The van der Waals surface area contributed by atoms with Crippen LogP contribution in [-0.4, -0.2) is 42.9 Å². The van der Waals surface area contributed by atoms with E-state index >= 15 is 0 Å². The van der Waals surface area contributed by atoms with Gasteiger partial charge in [0.05, 0.1) is 6.04 Å². The number of nitrogens with one attached hydrogen (secondary N) is 3. The number of hydrogen-bond acceptors (Lipinski definition) is 6. The van der Waals surface area contributed by atoms with E-state index in [9.17, 15) is 4.79 Å². The third-order valence-electron chi connectivity index (χ3n) is 4.79. The second-order valence-electron chi connectivity index (χ2n) is 6.67. The molecule has 3 N–H and O–H groups in total. The van der Waals surface area contributed by atoms with Crippen molar-refractivity contribution in [3.8, 4) is 11.4 Å². The molecular formula is C17H19ClN8O. The van der Waals surface area contributed by atoms with Crippen LogP contribution >= 0.6 is 12.4 Å². The molecule has 1 aliphatic carbocycles. The lowest BCUT2D eigenvalue weighted by atomic mass is 10.1. The number of aromatic nitrogens is 6. The number of anilines is 1. The second-order valence-corrected chi connectivity index (χ2v) is 6.67. The highest BCUT2D eigenvalue weighted by atomic mass is 35.5. The van der Waals surface area contributed by atoms with Crippen LogP contribution in [0.1, 0.15) is 40.6 Å². The molecule has 0 spiro atoms. The maximum atomic E-state index is 12.7. The number of tetrazole rings is 1. The number of carbonyl (C=O) groups is 1. The Labute approximate surface area is 161 Å². The molecule has 0 saturated heterocycles. The van der Waals surface area contributed by atoms with Gasteiger partial charge in [-0.3, -0.25) is 9.89 Å². The van der Waals surface area contributed by atoms with Gasteiger partial charge in [0, 0.05) is 42.0 Å². The number of nitrogens with zero attached hydrogens (tertiary/aromatic N) is 5. The van der Waals surface area contributed by atoms with Gasteiger partial charge in [0.1, 0.15) is 0 Å². The lowest BCUT2D eigenvalue weighted by Crippen LogP contribution is -2.25. The van der Waals surface area contributed by atoms with Gasteiger partial charge in [0.15, 0.2) is 11.5 Å². The van der Waals surface area contributed by atoms with Crippen molar-refractivity contribution in [3.63, 3.8) is 0 Å². The SMILES string of the molecule is Cl.O=C(Nc1cccc(-c2nnnn2C2CC2)c1)c1n[nH]c2c1CNCC2. The predicted octanol–water partition coefficient (Wildman–Crippen LogP) is 1.72. The minimum absolute atomic E-state index is 0. The van der Waals surface area contributed by atoms with Crippen molar-refractivity contribution in [2.75, 3.05) is 11.9 Å². The molecule has 9 nitrogen and oxygen atoms in total. The Balaban J connectivity index is 0.00000180. The zero-order valence-corrected chi connectivity index (χ0v) is 15.3. The number of carbonyl (C=O) groups excluding carboxylic acids is 1. The zero-order chi connectivity index (χ0) is 17.5. The van der Waals surface area contributed by atoms with Crippen LogP contribution in [0.4, 0.5) is 5.69 Å². The summed E-state index contributed by atoms with van der Waals surface area (Å²) in [5, 5.41) is 25.4. The Morgan fingerprint density at radius 1 is 1.30 bits per heavy atom. The highest BCUT2D eigenvalue weighted by molar-refractivity contribution is 6.04. The number of amides is 1. The van der Waals surface area contributed by atoms with Gasteiger partial charge < -0.3 is 10.6 Å². The molecule has 10 heteroatoms. The summed E-state index contributed by atoms with van der Waals surface area (Å²) >= 11 is 0. The van der Waals surface area contributed by atoms with Crippen LogP contribution in [0.2, 0.25) is 0 Å². The van der Waals surface area contributed by atoms with Gasteiger partial charge in [-0.1, -0.05) is 12.1 Å². The van der Waals surface area contributed by atoms with Crippen molar-refractivity contribution in [2.45, 2.75) is 31.8 Å². The molecule has 0 atom stereocenters. The first kappa shape index (κ1) is 17.6. The molecule has 0 bridgehead atoms. The highest BCUT2D eigenvalue weighted by Crippen LogP contribution is 2.36. The minimum atomic E-state index is -0.217. The van der Waals surface area contributed by atoms with E-state index in [1.807, 2.05) is 28.9 Å². The lowest BCUT2D eigenvalue weighted by molar-refractivity contribution is 0.102. The molecule has 140 valence electrons. The molecule has 1 fully saturated rings. The van der Waals surface area contributed by atoms with Gasteiger partial charge in [-0.25, -0.2) is 4.68 Å². The number of fused-ring (bicyclic) bond motifs is 1. The molecule has 3 aromatic rings. The van der Waals surface area contributed by atoms with Gasteiger partial charge >= 0.3 is 0 Å². The van der Waals surface area contributed by atoms with Crippen LogP contribution < -0.4 is 10.6 Å². The molecule has 2 aliphatic rings. The summed E-state index contributed by atoms with van der Waals surface area (Å²) in [6, 6.07) is 7.96. The van der Waals surface area contributed by atoms with Crippen molar-refractivity contribution in [1.82, 2.24) is 35.7 Å². The van der Waals surface area contributed by atoms with Crippen LogP contribution in [0.25, 0.3) is 11.4 Å². The summed E-state index contributed by atoms with van der Waals surface area (Å²) in [6.45, 7) is 1.55. The Hall–Kier alpha value is -2.78. The molecule has 1 saturated carbocycles. The standard InChI is InChI=1S/C17H18N8O.ClH/c26-17(15-13-9-18-7-6-14(13)20-21-15)19-11-3-1-2-10(8-11)16-22-23-24-25(16)12-4-5-12;/h1-3,8,12,18H,4-7,9H2,(H,19,26)(H,20,21);1H. The smallest absolute Gasteiger partial charge is 0.276 e. The van der Waals surface area contributed by atoms with Crippen LogP contribution in [0.15, 0.2) is 24.3 Å². The van der Waals surface area contributed by atoms with Gasteiger partial charge in [0.25, 0.3) is 5.91 Å². The number of benzene rings is 1.